The van der Waals surface area contributed by atoms with E-state index in [1.807, 2.05) is 29.2 Å². The molecule has 134 valence electrons. The number of hydrogen-bond donors (Lipinski definition) is 1. The van der Waals surface area contributed by atoms with E-state index in [1.54, 1.807) is 6.07 Å². The predicted octanol–water partition coefficient (Wildman–Crippen LogP) is 2.94. The Bertz CT molecular complexity index is 897. The fourth-order valence-electron chi connectivity index (χ4n) is 4.00. The molecule has 1 amide bonds. The largest absolute Gasteiger partial charge is 0.342 e. The molecule has 4 rings (SSSR count). The summed E-state index contributed by atoms with van der Waals surface area (Å²) in [4.78, 5) is 19.4. The summed E-state index contributed by atoms with van der Waals surface area (Å²) >= 11 is 0. The van der Waals surface area contributed by atoms with Crippen LogP contribution < -0.4 is 5.73 Å². The van der Waals surface area contributed by atoms with Crippen molar-refractivity contribution in [3.63, 3.8) is 0 Å². The first-order valence-electron chi connectivity index (χ1n) is 9.34. The van der Waals surface area contributed by atoms with Gasteiger partial charge in [-0.05, 0) is 37.3 Å². The van der Waals surface area contributed by atoms with E-state index in [1.165, 1.54) is 0 Å². The van der Waals surface area contributed by atoms with Gasteiger partial charge in [-0.1, -0.05) is 25.1 Å². The number of hydrogen-bond acceptors (Lipinski definition) is 4. The number of para-hydroxylation sites is 1. The van der Waals surface area contributed by atoms with Crippen molar-refractivity contribution < 1.29 is 4.79 Å². The van der Waals surface area contributed by atoms with Gasteiger partial charge in [-0.15, -0.1) is 0 Å². The number of carbonyl (C=O) groups excluding carboxylic acids is 1. The molecule has 1 aromatic carbocycles. The van der Waals surface area contributed by atoms with Gasteiger partial charge in [0, 0.05) is 42.0 Å². The summed E-state index contributed by atoms with van der Waals surface area (Å²) in [5, 5.41) is 10.3. The molecule has 0 radical (unpaired) electrons. The summed E-state index contributed by atoms with van der Waals surface area (Å²) in [5.74, 6) is 0.793. The van der Waals surface area contributed by atoms with Crippen LogP contribution in [0.4, 0.5) is 0 Å². The second-order valence-corrected chi connectivity index (χ2v) is 8.10. The van der Waals surface area contributed by atoms with Crippen LogP contribution in [0.15, 0.2) is 30.3 Å². The van der Waals surface area contributed by atoms with Crippen LogP contribution in [0.2, 0.25) is 0 Å². The van der Waals surface area contributed by atoms with Gasteiger partial charge in [0.2, 0.25) is 5.91 Å². The lowest BCUT2D eigenvalue weighted by molar-refractivity contribution is -0.133. The van der Waals surface area contributed by atoms with E-state index in [0.29, 0.717) is 24.4 Å². The molecule has 1 aliphatic carbocycles. The van der Waals surface area contributed by atoms with E-state index < -0.39 is 0 Å². The highest BCUT2D eigenvalue weighted by molar-refractivity contribution is 5.84. The summed E-state index contributed by atoms with van der Waals surface area (Å²) in [6.07, 6.45) is 3.37. The van der Waals surface area contributed by atoms with Gasteiger partial charge in [0.15, 0.2) is 0 Å². The van der Waals surface area contributed by atoms with Gasteiger partial charge in [-0.25, -0.2) is 0 Å². The number of pyridine rings is 1. The fraction of sp³-hybridized carbons (Fsp3) is 0.476. The smallest absolute Gasteiger partial charge is 0.224 e. The highest BCUT2D eigenvalue weighted by Crippen LogP contribution is 2.37. The van der Waals surface area contributed by atoms with Crippen LogP contribution in [0.5, 0.6) is 0 Å². The molecule has 2 N–H and O–H groups in total. The van der Waals surface area contributed by atoms with E-state index in [9.17, 15) is 10.1 Å². The molecular formula is C21H24N4O. The molecule has 2 unspecified atom stereocenters. The second kappa shape index (κ2) is 6.37. The number of likely N-dealkylation sites (tertiary alicyclic amines) is 1. The monoisotopic (exact) mass is 348 g/mol. The molecule has 1 saturated heterocycles. The SMILES string of the molecule is CC1CC(c2ccc3cccc(C#N)c3n2)CN(C(=O)CC2(N)CC2)C1. The highest BCUT2D eigenvalue weighted by atomic mass is 16.2. The van der Waals surface area contributed by atoms with E-state index in [-0.39, 0.29) is 17.4 Å². The van der Waals surface area contributed by atoms with E-state index in [2.05, 4.69) is 13.0 Å². The van der Waals surface area contributed by atoms with Crippen molar-refractivity contribution in [1.29, 1.82) is 5.26 Å². The van der Waals surface area contributed by atoms with Gasteiger partial charge in [-0.3, -0.25) is 9.78 Å². The Balaban J connectivity index is 1.59. The molecular weight excluding hydrogens is 324 g/mol. The van der Waals surface area contributed by atoms with Crippen molar-refractivity contribution in [3.05, 3.63) is 41.6 Å². The fourth-order valence-corrected chi connectivity index (χ4v) is 4.00. The first-order chi connectivity index (χ1) is 12.5. The molecule has 5 heteroatoms. The number of benzene rings is 1. The van der Waals surface area contributed by atoms with Crippen molar-refractivity contribution in [1.82, 2.24) is 9.88 Å². The Morgan fingerprint density at radius 1 is 1.35 bits per heavy atom. The van der Waals surface area contributed by atoms with Crippen molar-refractivity contribution in [2.24, 2.45) is 11.7 Å². The van der Waals surface area contributed by atoms with E-state index >= 15 is 0 Å². The third kappa shape index (κ3) is 3.30. The number of nitrogens with two attached hydrogens (primary N) is 1. The molecule has 26 heavy (non-hydrogen) atoms. The maximum Gasteiger partial charge on any atom is 0.224 e. The first kappa shape index (κ1) is 17.0. The van der Waals surface area contributed by atoms with Crippen LogP contribution in [0.3, 0.4) is 0 Å². The number of nitrogens with zero attached hydrogens (tertiary/aromatic N) is 3. The van der Waals surface area contributed by atoms with Crippen LogP contribution in [0.1, 0.15) is 49.8 Å². The number of rotatable bonds is 3. The maximum absolute atomic E-state index is 12.7. The van der Waals surface area contributed by atoms with Crippen molar-refractivity contribution in [3.8, 4) is 6.07 Å². The third-order valence-corrected chi connectivity index (χ3v) is 5.69. The number of carbonyl (C=O) groups is 1. The second-order valence-electron chi connectivity index (χ2n) is 8.10. The Morgan fingerprint density at radius 3 is 2.88 bits per heavy atom. The van der Waals surface area contributed by atoms with Crippen molar-refractivity contribution in [2.45, 2.75) is 44.1 Å². The molecule has 2 fully saturated rings. The topological polar surface area (TPSA) is 83.0 Å². The number of amides is 1. The Kier molecular flexibility index (Phi) is 4.16. The number of aromatic nitrogens is 1. The van der Waals surface area contributed by atoms with Gasteiger partial charge in [0.25, 0.3) is 0 Å². The predicted molar refractivity (Wildman–Crippen MR) is 100 cm³/mol. The van der Waals surface area contributed by atoms with Crippen molar-refractivity contribution >= 4 is 16.8 Å². The summed E-state index contributed by atoms with van der Waals surface area (Å²) in [6.45, 7) is 3.67. The van der Waals surface area contributed by atoms with Crippen molar-refractivity contribution in [2.75, 3.05) is 13.1 Å². The summed E-state index contributed by atoms with van der Waals surface area (Å²) in [7, 11) is 0. The average Bonchev–Trinajstić information content (AvgIpc) is 3.36. The number of fused-ring (bicyclic) bond motifs is 1. The maximum atomic E-state index is 12.7. The molecule has 1 aromatic heterocycles. The molecule has 1 saturated carbocycles. The minimum Gasteiger partial charge on any atom is -0.342 e. The van der Waals surface area contributed by atoms with Gasteiger partial charge >= 0.3 is 0 Å². The molecule has 2 heterocycles. The van der Waals surface area contributed by atoms with Crippen LogP contribution in [-0.2, 0) is 4.79 Å². The standard InChI is InChI=1S/C21H24N4O/c1-14-9-17(13-25(12-14)19(26)10-21(23)7-8-21)18-6-5-15-3-2-4-16(11-22)20(15)24-18/h2-6,14,17H,7-10,12-13,23H2,1H3. The quantitative estimate of drug-likeness (QED) is 0.924. The lowest BCUT2D eigenvalue weighted by Crippen LogP contribution is -2.45. The van der Waals surface area contributed by atoms with E-state index in [4.69, 9.17) is 10.7 Å². The zero-order valence-electron chi connectivity index (χ0n) is 15.1. The zero-order chi connectivity index (χ0) is 18.3. The highest BCUT2D eigenvalue weighted by Gasteiger charge is 2.42. The molecule has 0 spiro atoms. The van der Waals surface area contributed by atoms with Crippen LogP contribution in [0.25, 0.3) is 10.9 Å². The Labute approximate surface area is 153 Å². The minimum atomic E-state index is -0.254. The lowest BCUT2D eigenvalue weighted by Gasteiger charge is -2.37. The molecule has 2 atom stereocenters. The van der Waals surface area contributed by atoms with Crippen LogP contribution in [-0.4, -0.2) is 34.4 Å². The van der Waals surface area contributed by atoms with Crippen LogP contribution in [0, 0.1) is 17.2 Å². The average molecular weight is 348 g/mol. The number of nitriles is 1. The van der Waals surface area contributed by atoms with Gasteiger partial charge in [-0.2, -0.15) is 5.26 Å². The Morgan fingerprint density at radius 2 is 2.15 bits per heavy atom. The minimum absolute atomic E-state index is 0.167. The molecule has 2 aliphatic rings. The Hall–Kier alpha value is -2.45. The first-order valence-corrected chi connectivity index (χ1v) is 9.34. The van der Waals surface area contributed by atoms with Gasteiger partial charge < -0.3 is 10.6 Å². The normalized spacial score (nSPS) is 24.3. The van der Waals surface area contributed by atoms with Gasteiger partial charge in [0.1, 0.15) is 6.07 Å². The molecule has 0 bridgehead atoms. The third-order valence-electron chi connectivity index (χ3n) is 5.69. The van der Waals surface area contributed by atoms with E-state index in [0.717, 1.165) is 42.4 Å². The molecule has 1 aliphatic heterocycles. The zero-order valence-corrected chi connectivity index (χ0v) is 15.1. The summed E-state index contributed by atoms with van der Waals surface area (Å²) < 4.78 is 0. The lowest BCUT2D eigenvalue weighted by atomic mass is 9.87. The summed E-state index contributed by atoms with van der Waals surface area (Å²) in [5.41, 5.74) is 8.20. The number of piperidine rings is 1. The van der Waals surface area contributed by atoms with Crippen LogP contribution >= 0.6 is 0 Å². The molecule has 5 nitrogen and oxygen atoms in total. The van der Waals surface area contributed by atoms with Gasteiger partial charge in [0.05, 0.1) is 11.1 Å². The molecule has 2 aromatic rings. The summed E-state index contributed by atoms with van der Waals surface area (Å²) in [6, 6.07) is 12.0.